The van der Waals surface area contributed by atoms with Gasteiger partial charge in [0.05, 0.1) is 6.61 Å². The summed E-state index contributed by atoms with van der Waals surface area (Å²) < 4.78 is 25.4. The molecule has 1 aromatic heterocycles. The number of H-pyrrole nitrogens is 1. The van der Waals surface area contributed by atoms with E-state index < -0.39 is 38.0 Å². The maximum atomic E-state index is 12.3. The quantitative estimate of drug-likeness (QED) is 0.501. The molecule has 1 saturated heterocycles. The summed E-state index contributed by atoms with van der Waals surface area (Å²) in [4.78, 5) is 25.9. The SMILES string of the molecule is CC(C)(C)[Si](C)(C)OC[C@H]1O[C@@H](n2ccc(=O)[nH]c2=O)C[C@@H]1OC(=S)Oc1ccccc1. The summed E-state index contributed by atoms with van der Waals surface area (Å²) in [6.45, 7) is 11.1. The number of ether oxygens (including phenoxy) is 3. The largest absolute Gasteiger partial charge is 0.450 e. The van der Waals surface area contributed by atoms with Crippen LogP contribution in [0.3, 0.4) is 0 Å². The highest BCUT2D eigenvalue weighted by molar-refractivity contribution is 7.79. The molecule has 3 atom stereocenters. The Labute approximate surface area is 193 Å². The fourth-order valence-electron chi connectivity index (χ4n) is 3.04. The van der Waals surface area contributed by atoms with E-state index >= 15 is 0 Å². The number of nitrogens with one attached hydrogen (secondary N) is 1. The monoisotopic (exact) mass is 478 g/mol. The second-order valence-electron chi connectivity index (χ2n) is 9.28. The van der Waals surface area contributed by atoms with E-state index in [-0.39, 0.29) is 10.3 Å². The summed E-state index contributed by atoms with van der Waals surface area (Å²) in [6.07, 6.45) is 0.177. The molecule has 0 aliphatic carbocycles. The second-order valence-corrected chi connectivity index (χ2v) is 14.4. The van der Waals surface area contributed by atoms with Crippen molar-refractivity contribution in [3.8, 4) is 5.75 Å². The maximum absolute atomic E-state index is 12.3. The lowest BCUT2D eigenvalue weighted by Crippen LogP contribution is -2.44. The fraction of sp³-hybridized carbons (Fsp3) is 0.500. The van der Waals surface area contributed by atoms with Crippen molar-refractivity contribution in [3.63, 3.8) is 0 Å². The number of nitrogens with zero attached hydrogens (tertiary/aromatic N) is 1. The van der Waals surface area contributed by atoms with Gasteiger partial charge in [0.1, 0.15) is 24.2 Å². The first-order valence-electron chi connectivity index (χ1n) is 10.5. The Bertz CT molecular complexity index is 1050. The lowest BCUT2D eigenvalue weighted by atomic mass is 10.2. The van der Waals surface area contributed by atoms with Crippen LogP contribution in [0.2, 0.25) is 18.1 Å². The topological polar surface area (TPSA) is 91.8 Å². The first-order valence-corrected chi connectivity index (χ1v) is 13.8. The number of aromatic amines is 1. The minimum absolute atomic E-state index is 0.0307. The van der Waals surface area contributed by atoms with Crippen molar-refractivity contribution in [2.45, 2.75) is 63.8 Å². The number of hydrogen-bond donors (Lipinski definition) is 1. The van der Waals surface area contributed by atoms with Gasteiger partial charge in [0, 0.05) is 30.9 Å². The number of aromatic nitrogens is 2. The summed E-state index contributed by atoms with van der Waals surface area (Å²) >= 11 is 5.29. The first-order chi connectivity index (χ1) is 15.0. The van der Waals surface area contributed by atoms with Crippen molar-refractivity contribution >= 4 is 25.8 Å². The van der Waals surface area contributed by atoms with Crippen LogP contribution in [-0.4, -0.2) is 41.9 Å². The molecule has 32 heavy (non-hydrogen) atoms. The van der Waals surface area contributed by atoms with Crippen LogP contribution in [0.25, 0.3) is 0 Å². The van der Waals surface area contributed by atoms with Gasteiger partial charge in [-0.05, 0) is 30.3 Å². The van der Waals surface area contributed by atoms with E-state index in [0.29, 0.717) is 18.8 Å². The summed E-state index contributed by atoms with van der Waals surface area (Å²) in [5.41, 5.74) is -1.01. The van der Waals surface area contributed by atoms with E-state index in [0.717, 1.165) is 0 Å². The number of para-hydroxylation sites is 1. The van der Waals surface area contributed by atoms with Gasteiger partial charge in [0.15, 0.2) is 8.32 Å². The number of hydrogen-bond acceptors (Lipinski definition) is 7. The van der Waals surface area contributed by atoms with Crippen molar-refractivity contribution in [2.24, 2.45) is 0 Å². The third kappa shape index (κ3) is 5.94. The highest BCUT2D eigenvalue weighted by Crippen LogP contribution is 2.38. The lowest BCUT2D eigenvalue weighted by Gasteiger charge is -2.37. The molecule has 1 N–H and O–H groups in total. The molecule has 2 aromatic rings. The third-order valence-corrected chi connectivity index (χ3v) is 10.6. The fourth-order valence-corrected chi connectivity index (χ4v) is 4.27. The van der Waals surface area contributed by atoms with Crippen molar-refractivity contribution in [1.29, 1.82) is 0 Å². The summed E-state index contributed by atoms with van der Waals surface area (Å²) in [5.74, 6) is 0.568. The van der Waals surface area contributed by atoms with Gasteiger partial charge in [-0.15, -0.1) is 0 Å². The van der Waals surface area contributed by atoms with E-state index in [4.69, 9.17) is 30.9 Å². The van der Waals surface area contributed by atoms with E-state index in [9.17, 15) is 9.59 Å². The van der Waals surface area contributed by atoms with Crippen LogP contribution >= 0.6 is 12.2 Å². The summed E-state index contributed by atoms with van der Waals surface area (Å²) in [6, 6.07) is 10.4. The molecule has 1 aliphatic heterocycles. The van der Waals surface area contributed by atoms with Crippen molar-refractivity contribution < 1.29 is 18.6 Å². The molecule has 0 saturated carbocycles. The van der Waals surface area contributed by atoms with Gasteiger partial charge in [-0.1, -0.05) is 39.0 Å². The van der Waals surface area contributed by atoms with Gasteiger partial charge in [-0.2, -0.15) is 0 Å². The van der Waals surface area contributed by atoms with Gasteiger partial charge < -0.3 is 18.6 Å². The van der Waals surface area contributed by atoms with E-state index in [2.05, 4.69) is 38.8 Å². The summed E-state index contributed by atoms with van der Waals surface area (Å²) in [5, 5.41) is -0.000243. The Morgan fingerprint density at radius 2 is 1.91 bits per heavy atom. The molecule has 1 fully saturated rings. The molecular formula is C22H30N2O6SSi. The van der Waals surface area contributed by atoms with Crippen LogP contribution in [0.15, 0.2) is 52.2 Å². The molecule has 0 radical (unpaired) electrons. The van der Waals surface area contributed by atoms with Gasteiger partial charge in [0.25, 0.3) is 5.56 Å². The van der Waals surface area contributed by atoms with Crippen LogP contribution in [0.5, 0.6) is 5.75 Å². The molecule has 1 aliphatic rings. The van der Waals surface area contributed by atoms with Gasteiger partial charge >= 0.3 is 10.9 Å². The number of rotatable bonds is 6. The summed E-state index contributed by atoms with van der Waals surface area (Å²) in [7, 11) is -2.04. The molecule has 2 heterocycles. The molecule has 8 nitrogen and oxygen atoms in total. The number of benzene rings is 1. The molecule has 0 bridgehead atoms. The average Bonchev–Trinajstić information content (AvgIpc) is 3.08. The normalized spacial score (nSPS) is 21.3. The Kier molecular flexibility index (Phi) is 7.38. The highest BCUT2D eigenvalue weighted by Gasteiger charge is 2.43. The van der Waals surface area contributed by atoms with Gasteiger partial charge in [-0.3, -0.25) is 14.3 Å². The van der Waals surface area contributed by atoms with E-state index in [1.54, 1.807) is 12.1 Å². The Morgan fingerprint density at radius 3 is 2.53 bits per heavy atom. The van der Waals surface area contributed by atoms with Crippen LogP contribution in [0.4, 0.5) is 0 Å². The average molecular weight is 479 g/mol. The predicted molar refractivity (Wildman–Crippen MR) is 128 cm³/mol. The van der Waals surface area contributed by atoms with Crippen molar-refractivity contribution in [1.82, 2.24) is 9.55 Å². The van der Waals surface area contributed by atoms with E-state index in [1.807, 2.05) is 18.2 Å². The lowest BCUT2D eigenvalue weighted by molar-refractivity contribution is -0.0428. The van der Waals surface area contributed by atoms with Crippen molar-refractivity contribution in [2.75, 3.05) is 6.61 Å². The highest BCUT2D eigenvalue weighted by atomic mass is 32.1. The van der Waals surface area contributed by atoms with Gasteiger partial charge in [-0.25, -0.2) is 4.79 Å². The molecule has 3 rings (SSSR count). The van der Waals surface area contributed by atoms with E-state index in [1.165, 1.54) is 16.8 Å². The zero-order chi connectivity index (χ0) is 23.5. The molecule has 0 amide bonds. The zero-order valence-corrected chi connectivity index (χ0v) is 20.8. The van der Waals surface area contributed by atoms with Crippen LogP contribution in [-0.2, 0) is 13.9 Å². The Morgan fingerprint density at radius 1 is 1.22 bits per heavy atom. The Balaban J connectivity index is 1.76. The molecule has 10 heteroatoms. The predicted octanol–water partition coefficient (Wildman–Crippen LogP) is 3.60. The maximum Gasteiger partial charge on any atom is 0.358 e. The standard InChI is InChI=1S/C22H30N2O6SSi/c1-22(2,3)32(4,5)27-14-17-16(30-21(31)28-15-9-7-6-8-10-15)13-19(29-17)24-12-11-18(25)23-20(24)26/h6-12,16-17,19H,13-14H2,1-5H3,(H,23,25,26)/t16-,17+,19+/m0/s1. The smallest absolute Gasteiger partial charge is 0.358 e. The second kappa shape index (κ2) is 9.70. The van der Waals surface area contributed by atoms with Crippen LogP contribution in [0, 0.1) is 0 Å². The minimum Gasteiger partial charge on any atom is -0.450 e. The molecule has 0 unspecified atom stereocenters. The molecular weight excluding hydrogens is 448 g/mol. The molecule has 0 spiro atoms. The van der Waals surface area contributed by atoms with Crippen molar-refractivity contribution in [3.05, 3.63) is 63.4 Å². The molecule has 1 aromatic carbocycles. The van der Waals surface area contributed by atoms with Gasteiger partial charge in [0.2, 0.25) is 0 Å². The Hall–Kier alpha value is -2.27. The first kappa shape index (κ1) is 24.4. The van der Waals surface area contributed by atoms with Crippen LogP contribution < -0.4 is 16.0 Å². The minimum atomic E-state index is -2.04. The number of thiocarbonyl (C=S) groups is 1. The van der Waals surface area contributed by atoms with Crippen LogP contribution in [0.1, 0.15) is 33.4 Å². The third-order valence-electron chi connectivity index (χ3n) is 5.95. The molecule has 174 valence electrons. The zero-order valence-electron chi connectivity index (χ0n) is 19.0.